The van der Waals surface area contributed by atoms with Gasteiger partial charge in [0.2, 0.25) is 10.2 Å². The van der Waals surface area contributed by atoms with Gasteiger partial charge in [-0.25, -0.2) is 4.98 Å². The van der Waals surface area contributed by atoms with Crippen LogP contribution in [0.25, 0.3) is 0 Å². The number of hydrogen-bond acceptors (Lipinski definition) is 2. The third-order valence-corrected chi connectivity index (χ3v) is 2.01. The molecule has 1 aromatic heterocycles. The average Bonchev–Trinajstić information content (AvgIpc) is 2.49. The van der Waals surface area contributed by atoms with Gasteiger partial charge in [-0.3, -0.25) is 4.79 Å². The molecule has 72 valence electrons. The number of carbonyl (C=O) groups excluding carboxylic acids is 1. The minimum absolute atomic E-state index is 0.395. The van der Waals surface area contributed by atoms with Crippen molar-refractivity contribution in [2.75, 3.05) is 0 Å². The van der Waals surface area contributed by atoms with E-state index in [1.165, 1.54) is 6.20 Å². The average molecular weight is 242 g/mol. The Bertz CT molecular complexity index is 269. The fourth-order valence-electron chi connectivity index (χ4n) is 0.832. The molecular weight excluding hydrogens is 236 g/mol. The molecule has 0 aliphatic rings. The van der Waals surface area contributed by atoms with Crippen molar-refractivity contribution in [1.29, 1.82) is 0 Å². The summed E-state index contributed by atoms with van der Waals surface area (Å²) >= 11 is 16.9. The van der Waals surface area contributed by atoms with Gasteiger partial charge in [0.15, 0.2) is 0 Å². The van der Waals surface area contributed by atoms with Gasteiger partial charge in [-0.1, -0.05) is 34.8 Å². The fraction of sp³-hybridized carbons (Fsp3) is 0.333. The molecule has 0 aliphatic heterocycles. The van der Waals surface area contributed by atoms with E-state index in [2.05, 4.69) is 15.3 Å². The van der Waals surface area contributed by atoms with Gasteiger partial charge in [0, 0.05) is 12.4 Å². The number of amides is 1. The Morgan fingerprint density at radius 1 is 1.62 bits per heavy atom. The van der Waals surface area contributed by atoms with Crippen LogP contribution in [0.5, 0.6) is 0 Å². The van der Waals surface area contributed by atoms with Gasteiger partial charge in [-0.15, -0.1) is 0 Å². The first kappa shape index (κ1) is 10.6. The summed E-state index contributed by atoms with van der Waals surface area (Å²) in [5, 5.41) is 2.35. The number of halogens is 3. The molecule has 1 amide bonds. The van der Waals surface area contributed by atoms with Gasteiger partial charge >= 0.3 is 0 Å². The number of imidazole rings is 1. The first-order valence-electron chi connectivity index (χ1n) is 3.31. The van der Waals surface area contributed by atoms with Crippen molar-refractivity contribution in [3.63, 3.8) is 0 Å². The molecule has 1 unspecified atom stereocenters. The second kappa shape index (κ2) is 4.17. The Balaban J connectivity index is 2.86. The lowest BCUT2D eigenvalue weighted by molar-refractivity contribution is -0.110. The lowest BCUT2D eigenvalue weighted by Crippen LogP contribution is -2.31. The summed E-state index contributed by atoms with van der Waals surface area (Å²) < 4.78 is -1.63. The fourth-order valence-corrected chi connectivity index (χ4v) is 1.33. The standard InChI is InChI=1S/C6H6Cl3N3O/c7-6(8,9)4(12-3-13)5-10-1-2-11-5/h1-4H,(H,10,11)(H,12,13). The van der Waals surface area contributed by atoms with Crippen LogP contribution in [0.15, 0.2) is 12.4 Å². The molecule has 1 heterocycles. The largest absolute Gasteiger partial charge is 0.347 e. The van der Waals surface area contributed by atoms with E-state index in [4.69, 9.17) is 34.8 Å². The number of rotatable bonds is 3. The van der Waals surface area contributed by atoms with E-state index in [0.717, 1.165) is 0 Å². The highest BCUT2D eigenvalue weighted by Crippen LogP contribution is 2.38. The molecule has 0 saturated heterocycles. The number of nitrogens with zero attached hydrogens (tertiary/aromatic N) is 1. The monoisotopic (exact) mass is 241 g/mol. The Labute approximate surface area is 89.6 Å². The van der Waals surface area contributed by atoms with Crippen LogP contribution in [-0.4, -0.2) is 20.2 Å². The zero-order valence-electron chi connectivity index (χ0n) is 6.30. The predicted octanol–water partition coefficient (Wildman–Crippen LogP) is 1.57. The number of aromatic amines is 1. The Morgan fingerprint density at radius 3 is 2.69 bits per heavy atom. The predicted molar refractivity (Wildman–Crippen MR) is 50.8 cm³/mol. The van der Waals surface area contributed by atoms with Crippen molar-refractivity contribution in [2.24, 2.45) is 0 Å². The zero-order chi connectivity index (χ0) is 9.90. The highest BCUT2D eigenvalue weighted by Gasteiger charge is 2.35. The summed E-state index contributed by atoms with van der Waals surface area (Å²) in [6.45, 7) is 0. The minimum atomic E-state index is -1.63. The molecule has 0 aromatic carbocycles. The summed E-state index contributed by atoms with van der Waals surface area (Å²) in [5.74, 6) is 0.395. The molecular formula is C6H6Cl3N3O. The van der Waals surface area contributed by atoms with Crippen LogP contribution in [-0.2, 0) is 4.79 Å². The molecule has 0 aliphatic carbocycles. The van der Waals surface area contributed by atoms with E-state index >= 15 is 0 Å². The van der Waals surface area contributed by atoms with Crippen LogP contribution in [0.4, 0.5) is 0 Å². The third kappa shape index (κ3) is 2.76. The number of H-pyrrole nitrogens is 1. The van der Waals surface area contributed by atoms with E-state index in [0.29, 0.717) is 12.2 Å². The lowest BCUT2D eigenvalue weighted by Gasteiger charge is -2.21. The summed E-state index contributed by atoms with van der Waals surface area (Å²) in [5.41, 5.74) is 0. The molecule has 0 saturated carbocycles. The number of alkyl halides is 3. The normalized spacial score (nSPS) is 13.8. The summed E-state index contributed by atoms with van der Waals surface area (Å²) in [6, 6.07) is -0.773. The van der Waals surface area contributed by atoms with Crippen LogP contribution in [0, 0.1) is 0 Å². The molecule has 0 spiro atoms. The molecule has 4 nitrogen and oxygen atoms in total. The molecule has 1 aromatic rings. The van der Waals surface area contributed by atoms with Crippen molar-refractivity contribution < 1.29 is 4.79 Å². The topological polar surface area (TPSA) is 57.8 Å². The number of nitrogens with one attached hydrogen (secondary N) is 2. The minimum Gasteiger partial charge on any atom is -0.347 e. The van der Waals surface area contributed by atoms with Crippen LogP contribution < -0.4 is 5.32 Å². The van der Waals surface area contributed by atoms with Crippen molar-refractivity contribution in [3.8, 4) is 0 Å². The van der Waals surface area contributed by atoms with Gasteiger partial charge in [0.25, 0.3) is 0 Å². The van der Waals surface area contributed by atoms with E-state index in [1.807, 2.05) is 0 Å². The first-order chi connectivity index (χ1) is 6.05. The second-order valence-electron chi connectivity index (χ2n) is 2.23. The molecule has 1 rings (SSSR count). The van der Waals surface area contributed by atoms with E-state index in [-0.39, 0.29) is 0 Å². The maximum atomic E-state index is 10.2. The van der Waals surface area contributed by atoms with Gasteiger partial charge in [-0.05, 0) is 0 Å². The van der Waals surface area contributed by atoms with E-state index in [1.54, 1.807) is 6.20 Å². The molecule has 0 fully saturated rings. The van der Waals surface area contributed by atoms with Crippen LogP contribution >= 0.6 is 34.8 Å². The maximum absolute atomic E-state index is 10.2. The number of aromatic nitrogens is 2. The molecule has 2 N–H and O–H groups in total. The van der Waals surface area contributed by atoms with Gasteiger partial charge in [-0.2, -0.15) is 0 Å². The number of carbonyl (C=O) groups is 1. The highest BCUT2D eigenvalue weighted by molar-refractivity contribution is 6.68. The molecule has 7 heteroatoms. The summed E-state index contributed by atoms with van der Waals surface area (Å²) in [6.07, 6.45) is 3.53. The Kier molecular flexibility index (Phi) is 3.41. The summed E-state index contributed by atoms with van der Waals surface area (Å²) in [7, 11) is 0. The van der Waals surface area contributed by atoms with Crippen LogP contribution in [0.3, 0.4) is 0 Å². The highest BCUT2D eigenvalue weighted by atomic mass is 35.6. The Hall–Kier alpha value is -0.450. The third-order valence-electron chi connectivity index (χ3n) is 1.35. The molecule has 13 heavy (non-hydrogen) atoms. The van der Waals surface area contributed by atoms with E-state index in [9.17, 15) is 4.79 Å². The van der Waals surface area contributed by atoms with Crippen LogP contribution in [0.1, 0.15) is 11.9 Å². The van der Waals surface area contributed by atoms with E-state index < -0.39 is 9.83 Å². The second-order valence-corrected chi connectivity index (χ2v) is 4.60. The molecule has 0 radical (unpaired) electrons. The van der Waals surface area contributed by atoms with Gasteiger partial charge in [0.1, 0.15) is 11.9 Å². The van der Waals surface area contributed by atoms with Gasteiger partial charge < -0.3 is 10.3 Å². The van der Waals surface area contributed by atoms with Crippen molar-refractivity contribution in [3.05, 3.63) is 18.2 Å². The number of hydrogen-bond donors (Lipinski definition) is 2. The SMILES string of the molecule is O=CNC(c1ncc[nH]1)C(Cl)(Cl)Cl. The molecule has 0 bridgehead atoms. The lowest BCUT2D eigenvalue weighted by atomic mass is 10.3. The molecule has 1 atom stereocenters. The quantitative estimate of drug-likeness (QED) is 0.624. The van der Waals surface area contributed by atoms with Gasteiger partial charge in [0.05, 0.1) is 0 Å². The first-order valence-corrected chi connectivity index (χ1v) is 4.45. The summed E-state index contributed by atoms with van der Waals surface area (Å²) in [4.78, 5) is 16.8. The maximum Gasteiger partial charge on any atom is 0.217 e. The smallest absolute Gasteiger partial charge is 0.217 e. The van der Waals surface area contributed by atoms with Crippen molar-refractivity contribution in [2.45, 2.75) is 9.83 Å². The van der Waals surface area contributed by atoms with Crippen molar-refractivity contribution in [1.82, 2.24) is 15.3 Å². The van der Waals surface area contributed by atoms with Crippen molar-refractivity contribution >= 4 is 41.2 Å². The zero-order valence-corrected chi connectivity index (χ0v) is 8.57. The van der Waals surface area contributed by atoms with Crippen LogP contribution in [0.2, 0.25) is 0 Å². The Morgan fingerprint density at radius 2 is 2.31 bits per heavy atom.